The third-order valence-electron chi connectivity index (χ3n) is 18.6. The van der Waals surface area contributed by atoms with Gasteiger partial charge in [0.15, 0.2) is 23.3 Å². The van der Waals surface area contributed by atoms with Crippen LogP contribution in [-0.4, -0.2) is 180 Å². The molecule has 10 N–H and O–H groups in total. The molecule has 0 aliphatic carbocycles. The summed E-state index contributed by atoms with van der Waals surface area (Å²) < 4.78 is 0. The second kappa shape index (κ2) is 49.1. The molecule has 9 rings (SSSR count). The number of fused-ring (bicyclic) bond motifs is 20. The minimum atomic E-state index is 0.190. The van der Waals surface area contributed by atoms with E-state index in [-0.39, 0.29) is 52.9 Å². The van der Waals surface area contributed by atoms with E-state index >= 15 is 0 Å². The summed E-state index contributed by atoms with van der Waals surface area (Å²) in [5.41, 5.74) is 6.43. The predicted molar refractivity (Wildman–Crippen MR) is 446 cm³/mol. The first-order valence-electron chi connectivity index (χ1n) is 38.8. The van der Waals surface area contributed by atoms with E-state index in [0.717, 1.165) is 334 Å². The summed E-state index contributed by atoms with van der Waals surface area (Å²) in [6.45, 7) is 1.52. The molecule has 8 bridgehead atoms. The standard InChI is InChI=1S/C80H114N8O8S8/c89-41-17-1-9-25-49-97-57-33-34-58(98-50-26-10-2-18-42-90)66-65(57)73-81-74(66)86-76-69-61(101-53-29-13-5-21-45-93)37-38-62(102-54-30-14-6-22-46-94)70(69)78(83-76)88-80-72-64(104-56-32-16-8-24-48-96)40-39-63(103-55-31-15-7-23-47-95)71(72)79(84-80)87-77-68-60(100-52-28-12-4-20-44-92)36-35-59(67(68)75(82-77)85-73)99-51-27-11-3-19-43-91/h33-40,89-96H,1-32,41-56H2,(H2,81,82,83,84,85,86,87,88). The molecule has 104 heavy (non-hydrogen) atoms. The monoisotopic (exact) mass is 1570 g/mol. The normalized spacial score (nSPS) is 12.1. The number of nitrogens with zero attached hydrogens (tertiary/aromatic N) is 6. The second-order valence-electron chi connectivity index (χ2n) is 26.7. The van der Waals surface area contributed by atoms with E-state index in [4.69, 9.17) is 29.9 Å². The van der Waals surface area contributed by atoms with Crippen molar-refractivity contribution in [2.45, 2.75) is 245 Å². The fraction of sp³-hybridized carbons (Fsp3) is 0.600. The number of aromatic nitrogens is 8. The topological polar surface area (TPSA) is 271 Å². The number of aliphatic hydroxyl groups is 8. The Kier molecular flexibility index (Phi) is 40.0. The fourth-order valence-electron chi connectivity index (χ4n) is 13.0. The van der Waals surface area contributed by atoms with Crippen LogP contribution in [0.15, 0.2) is 87.7 Å². The molecule has 0 saturated heterocycles. The second-order valence-corrected chi connectivity index (χ2v) is 35.8. The minimum Gasteiger partial charge on any atom is -0.396 e. The highest BCUT2D eigenvalue weighted by Gasteiger charge is 2.31. The highest BCUT2D eigenvalue weighted by molar-refractivity contribution is 8.01. The summed E-state index contributed by atoms with van der Waals surface area (Å²) >= 11 is 14.7. The number of aliphatic hydroxyl groups excluding tert-OH is 8. The average molecular weight is 1570 g/mol. The molecule has 3 aromatic heterocycles. The van der Waals surface area contributed by atoms with Crippen molar-refractivity contribution in [2.24, 2.45) is 0 Å². The van der Waals surface area contributed by atoms with E-state index < -0.39 is 0 Å². The molecule has 4 aromatic carbocycles. The lowest BCUT2D eigenvalue weighted by atomic mass is 10.1. The van der Waals surface area contributed by atoms with E-state index in [1.165, 1.54) is 0 Å². The SMILES string of the molecule is OCCCCCCSc1ccc(SCCCCCCO)c2c1-c1nc-2nc2[nH]c(nc3nc(nc4[nH]c(n1)c1c(SCCCCCCO)ccc(SCCCCCCO)c41)-c1c(SCCCCCCO)ccc(SCCCCCCO)c1-3)c1c(SCCCCCCO)ccc(SCCCCCCO)c21. The molecule has 2 aliphatic heterocycles. The van der Waals surface area contributed by atoms with E-state index in [0.29, 0.717) is 45.9 Å². The van der Waals surface area contributed by atoms with Gasteiger partial charge < -0.3 is 50.8 Å². The molecule has 5 heterocycles. The molecular weight excluding hydrogens is 1460 g/mol. The number of nitrogens with one attached hydrogen (secondary N) is 2. The molecule has 0 spiro atoms. The maximum absolute atomic E-state index is 9.74. The fourth-order valence-corrected chi connectivity index (χ4v) is 21.6. The van der Waals surface area contributed by atoms with Gasteiger partial charge in [-0.15, -0.1) is 94.1 Å². The van der Waals surface area contributed by atoms with Gasteiger partial charge in [0.2, 0.25) is 0 Å². The lowest BCUT2D eigenvalue weighted by Crippen LogP contribution is -1.92. The van der Waals surface area contributed by atoms with Crippen LogP contribution in [0, 0.1) is 0 Å². The van der Waals surface area contributed by atoms with Gasteiger partial charge in [-0.3, -0.25) is 0 Å². The quantitative estimate of drug-likeness (QED) is 0.0125. The van der Waals surface area contributed by atoms with Crippen molar-refractivity contribution in [1.82, 2.24) is 39.9 Å². The number of hydrogen-bond donors (Lipinski definition) is 10. The number of unbranched alkanes of at least 4 members (excludes halogenated alkanes) is 24. The Labute approximate surface area is 651 Å². The van der Waals surface area contributed by atoms with Gasteiger partial charge in [0.25, 0.3) is 0 Å². The van der Waals surface area contributed by atoms with Gasteiger partial charge in [-0.1, -0.05) is 103 Å². The molecule has 0 unspecified atom stereocenters. The highest BCUT2D eigenvalue weighted by atomic mass is 32.2. The summed E-state index contributed by atoms with van der Waals surface area (Å²) in [5, 5.41) is 81.8. The number of H-pyrrole nitrogens is 2. The van der Waals surface area contributed by atoms with Crippen molar-refractivity contribution in [1.29, 1.82) is 0 Å². The third kappa shape index (κ3) is 25.4. The molecule has 0 atom stereocenters. The minimum absolute atomic E-state index is 0.190. The summed E-state index contributed by atoms with van der Waals surface area (Å²) in [6.07, 6.45) is 30.0. The predicted octanol–water partition coefficient (Wildman–Crippen LogP) is 20.0. The molecule has 0 saturated carbocycles. The highest BCUT2D eigenvalue weighted by Crippen LogP contribution is 2.51. The molecule has 0 radical (unpaired) electrons. The zero-order valence-electron chi connectivity index (χ0n) is 61.1. The van der Waals surface area contributed by atoms with Gasteiger partial charge in [0.1, 0.15) is 22.6 Å². The van der Waals surface area contributed by atoms with Crippen molar-refractivity contribution in [3.8, 4) is 45.6 Å². The molecule has 570 valence electrons. The van der Waals surface area contributed by atoms with Crippen LogP contribution < -0.4 is 0 Å². The Balaban J connectivity index is 1.42. The van der Waals surface area contributed by atoms with Crippen molar-refractivity contribution in [3.63, 3.8) is 0 Å². The number of benzene rings is 4. The Morgan fingerprint density at radius 1 is 0.192 bits per heavy atom. The first kappa shape index (κ1) is 84.7. The van der Waals surface area contributed by atoms with Gasteiger partial charge in [0.05, 0.1) is 0 Å². The van der Waals surface area contributed by atoms with Crippen LogP contribution in [0.2, 0.25) is 0 Å². The number of thioether (sulfide) groups is 8. The molecule has 0 fully saturated rings. The lowest BCUT2D eigenvalue weighted by molar-refractivity contribution is 0.282. The van der Waals surface area contributed by atoms with Crippen LogP contribution in [0.5, 0.6) is 0 Å². The van der Waals surface area contributed by atoms with Gasteiger partial charge >= 0.3 is 0 Å². The Hall–Kier alpha value is -3.28. The van der Waals surface area contributed by atoms with Crippen LogP contribution >= 0.6 is 94.1 Å². The zero-order valence-corrected chi connectivity index (χ0v) is 67.6. The summed E-state index contributed by atoms with van der Waals surface area (Å²) in [7, 11) is 0. The Morgan fingerprint density at radius 3 is 0.519 bits per heavy atom. The van der Waals surface area contributed by atoms with E-state index in [1.807, 2.05) is 94.1 Å². The van der Waals surface area contributed by atoms with Gasteiger partial charge in [-0.05, 0) is 197 Å². The van der Waals surface area contributed by atoms with Gasteiger partial charge in [-0.25, -0.2) is 29.9 Å². The zero-order chi connectivity index (χ0) is 72.8. The van der Waals surface area contributed by atoms with Crippen molar-refractivity contribution >= 4 is 138 Å². The molecule has 16 nitrogen and oxygen atoms in total. The third-order valence-corrected chi connectivity index (χ3v) is 27.8. The van der Waals surface area contributed by atoms with Crippen molar-refractivity contribution in [2.75, 3.05) is 98.9 Å². The van der Waals surface area contributed by atoms with Crippen LogP contribution in [0.3, 0.4) is 0 Å². The number of rotatable bonds is 56. The van der Waals surface area contributed by atoms with Gasteiger partial charge in [-0.2, -0.15) is 0 Å². The number of aromatic amines is 2. The van der Waals surface area contributed by atoms with Crippen LogP contribution in [0.25, 0.3) is 89.7 Å². The van der Waals surface area contributed by atoms with Crippen LogP contribution in [-0.2, 0) is 0 Å². The smallest absolute Gasteiger partial charge is 0.165 e. The van der Waals surface area contributed by atoms with Crippen molar-refractivity contribution < 1.29 is 40.9 Å². The molecule has 24 heteroatoms. The average Bonchev–Trinajstić information content (AvgIpc) is 1.58. The maximum Gasteiger partial charge on any atom is 0.165 e. The van der Waals surface area contributed by atoms with E-state index in [9.17, 15) is 40.9 Å². The van der Waals surface area contributed by atoms with E-state index in [2.05, 4.69) is 58.5 Å². The summed E-state index contributed by atoms with van der Waals surface area (Å²) in [6, 6.07) is 18.2. The van der Waals surface area contributed by atoms with Gasteiger partial charge in [0, 0.05) is 136 Å². The van der Waals surface area contributed by atoms with E-state index in [1.54, 1.807) is 0 Å². The molecule has 0 amide bonds. The largest absolute Gasteiger partial charge is 0.396 e. The molecule has 2 aliphatic rings. The Morgan fingerprint density at radius 2 is 0.346 bits per heavy atom. The molecular formula is C80H114N8O8S8. The lowest BCUT2D eigenvalue weighted by Gasteiger charge is -2.13. The Bertz CT molecular complexity index is 3400. The maximum atomic E-state index is 9.74. The summed E-state index contributed by atoms with van der Waals surface area (Å²) in [5.74, 6) is 9.26. The molecule has 7 aromatic rings. The summed E-state index contributed by atoms with van der Waals surface area (Å²) in [4.78, 5) is 51.8. The van der Waals surface area contributed by atoms with Crippen molar-refractivity contribution in [3.05, 3.63) is 48.5 Å². The van der Waals surface area contributed by atoms with Crippen LogP contribution in [0.4, 0.5) is 0 Å². The first-order valence-corrected chi connectivity index (χ1v) is 46.7. The van der Waals surface area contributed by atoms with Crippen LogP contribution in [0.1, 0.15) is 205 Å². The first-order chi connectivity index (χ1) is 51.4. The number of hydrogen-bond acceptors (Lipinski definition) is 22.